The SMILES string of the molecule is N#Cc1cc(OCC2CCNC(=O)CC2)ccc1C(F)(F)F. The molecule has 1 amide bonds. The third kappa shape index (κ3) is 4.13. The van der Waals surface area contributed by atoms with Crippen LogP contribution in [0.5, 0.6) is 5.75 Å². The van der Waals surface area contributed by atoms with Crippen LogP contribution in [-0.2, 0) is 11.0 Å². The van der Waals surface area contributed by atoms with Gasteiger partial charge in [-0.05, 0) is 37.0 Å². The number of nitrogens with one attached hydrogen (secondary N) is 1. The summed E-state index contributed by atoms with van der Waals surface area (Å²) < 4.78 is 43.6. The minimum Gasteiger partial charge on any atom is -0.493 e. The van der Waals surface area contributed by atoms with Crippen molar-refractivity contribution < 1.29 is 22.7 Å². The lowest BCUT2D eigenvalue weighted by Gasteiger charge is -2.15. The van der Waals surface area contributed by atoms with E-state index in [1.807, 2.05) is 0 Å². The highest BCUT2D eigenvalue weighted by Gasteiger charge is 2.33. The molecule has 1 atom stereocenters. The van der Waals surface area contributed by atoms with Crippen molar-refractivity contribution in [2.24, 2.45) is 5.92 Å². The number of halogens is 3. The monoisotopic (exact) mass is 312 g/mol. The van der Waals surface area contributed by atoms with Crippen LogP contribution < -0.4 is 10.1 Å². The van der Waals surface area contributed by atoms with Gasteiger partial charge in [-0.1, -0.05) is 0 Å². The molecule has 1 N–H and O–H groups in total. The lowest BCUT2D eigenvalue weighted by Crippen LogP contribution is -2.21. The molecule has 1 aliphatic heterocycles. The molecule has 1 aromatic rings. The lowest BCUT2D eigenvalue weighted by molar-refractivity contribution is -0.137. The fourth-order valence-corrected chi connectivity index (χ4v) is 2.32. The Labute approximate surface area is 125 Å². The standard InChI is InChI=1S/C15H15F3N2O2/c16-15(17,18)13-3-2-12(7-11(13)8-19)22-9-10-1-4-14(21)20-6-5-10/h2-3,7,10H,1,4-6,9H2,(H,20,21). The lowest BCUT2D eigenvalue weighted by atomic mass is 10.0. The largest absolute Gasteiger partial charge is 0.493 e. The van der Waals surface area contributed by atoms with E-state index in [-0.39, 0.29) is 17.6 Å². The van der Waals surface area contributed by atoms with Crippen molar-refractivity contribution >= 4 is 5.91 Å². The zero-order valence-electron chi connectivity index (χ0n) is 11.7. The number of benzene rings is 1. The topological polar surface area (TPSA) is 62.1 Å². The van der Waals surface area contributed by atoms with Gasteiger partial charge in [0.1, 0.15) is 5.75 Å². The average molecular weight is 312 g/mol. The maximum atomic E-state index is 12.7. The Balaban J connectivity index is 2.02. The Morgan fingerprint density at radius 1 is 1.36 bits per heavy atom. The van der Waals surface area contributed by atoms with Gasteiger partial charge in [0.15, 0.2) is 0 Å². The fraction of sp³-hybridized carbons (Fsp3) is 0.467. The third-order valence-electron chi connectivity index (χ3n) is 3.56. The number of rotatable bonds is 3. The molecule has 0 aromatic heterocycles. The molecule has 1 heterocycles. The second-order valence-electron chi connectivity index (χ2n) is 5.17. The minimum atomic E-state index is -4.56. The van der Waals surface area contributed by atoms with E-state index in [2.05, 4.69) is 5.32 Å². The van der Waals surface area contributed by atoms with Gasteiger partial charge >= 0.3 is 6.18 Å². The Morgan fingerprint density at radius 2 is 2.14 bits per heavy atom. The van der Waals surface area contributed by atoms with E-state index >= 15 is 0 Å². The van der Waals surface area contributed by atoms with Gasteiger partial charge < -0.3 is 10.1 Å². The van der Waals surface area contributed by atoms with Crippen LogP contribution in [0.1, 0.15) is 30.4 Å². The number of hydrogen-bond acceptors (Lipinski definition) is 3. The van der Waals surface area contributed by atoms with Gasteiger partial charge in [0, 0.05) is 13.0 Å². The van der Waals surface area contributed by atoms with Crippen molar-refractivity contribution in [2.45, 2.75) is 25.4 Å². The highest BCUT2D eigenvalue weighted by atomic mass is 19.4. The van der Waals surface area contributed by atoms with Crippen molar-refractivity contribution in [1.29, 1.82) is 5.26 Å². The molecule has 1 fully saturated rings. The van der Waals surface area contributed by atoms with Crippen LogP contribution in [0.4, 0.5) is 13.2 Å². The zero-order chi connectivity index (χ0) is 16.2. The first-order chi connectivity index (χ1) is 10.4. The van der Waals surface area contributed by atoms with Crippen molar-refractivity contribution in [3.8, 4) is 11.8 Å². The molecule has 1 aromatic carbocycles. The maximum absolute atomic E-state index is 12.7. The molecule has 0 saturated carbocycles. The number of amides is 1. The molecule has 2 rings (SSSR count). The number of carbonyl (C=O) groups excluding carboxylic acids is 1. The summed E-state index contributed by atoms with van der Waals surface area (Å²) in [5.41, 5.74) is -1.42. The number of nitriles is 1. The Kier molecular flexibility index (Phi) is 4.91. The molecule has 118 valence electrons. The predicted molar refractivity (Wildman–Crippen MR) is 72.0 cm³/mol. The van der Waals surface area contributed by atoms with E-state index in [1.54, 1.807) is 6.07 Å². The molecule has 1 aliphatic rings. The first-order valence-corrected chi connectivity index (χ1v) is 6.91. The Morgan fingerprint density at radius 3 is 2.82 bits per heavy atom. The quantitative estimate of drug-likeness (QED) is 0.933. The molecular formula is C15H15F3N2O2. The first kappa shape index (κ1) is 16.1. The van der Waals surface area contributed by atoms with Crippen LogP contribution in [0.25, 0.3) is 0 Å². The van der Waals surface area contributed by atoms with E-state index < -0.39 is 17.3 Å². The number of nitrogens with zero attached hydrogens (tertiary/aromatic N) is 1. The van der Waals surface area contributed by atoms with Crippen LogP contribution in [0.15, 0.2) is 18.2 Å². The molecule has 7 heteroatoms. The first-order valence-electron chi connectivity index (χ1n) is 6.91. The van der Waals surface area contributed by atoms with Gasteiger partial charge in [-0.25, -0.2) is 0 Å². The van der Waals surface area contributed by atoms with E-state index in [0.717, 1.165) is 18.6 Å². The summed E-state index contributed by atoms with van der Waals surface area (Å²) in [7, 11) is 0. The normalized spacial score (nSPS) is 19.0. The third-order valence-corrected chi connectivity index (χ3v) is 3.56. The maximum Gasteiger partial charge on any atom is 0.417 e. The molecular weight excluding hydrogens is 297 g/mol. The van der Waals surface area contributed by atoms with Crippen LogP contribution in [-0.4, -0.2) is 19.1 Å². The Hall–Kier alpha value is -2.23. The van der Waals surface area contributed by atoms with Crippen molar-refractivity contribution in [1.82, 2.24) is 5.32 Å². The van der Waals surface area contributed by atoms with E-state index in [4.69, 9.17) is 10.00 Å². The van der Waals surface area contributed by atoms with Gasteiger partial charge in [-0.2, -0.15) is 18.4 Å². The van der Waals surface area contributed by atoms with Crippen molar-refractivity contribution in [3.63, 3.8) is 0 Å². The smallest absolute Gasteiger partial charge is 0.417 e. The molecule has 0 radical (unpaired) electrons. The molecule has 0 spiro atoms. The second-order valence-corrected chi connectivity index (χ2v) is 5.17. The molecule has 0 bridgehead atoms. The molecule has 0 aliphatic carbocycles. The number of alkyl halides is 3. The van der Waals surface area contributed by atoms with Crippen LogP contribution in [0, 0.1) is 17.2 Å². The van der Waals surface area contributed by atoms with Crippen molar-refractivity contribution in [3.05, 3.63) is 29.3 Å². The molecule has 22 heavy (non-hydrogen) atoms. The van der Waals surface area contributed by atoms with Crippen LogP contribution in [0.3, 0.4) is 0 Å². The summed E-state index contributed by atoms with van der Waals surface area (Å²) in [5, 5.41) is 11.6. The van der Waals surface area contributed by atoms with Gasteiger partial charge in [-0.15, -0.1) is 0 Å². The fourth-order valence-electron chi connectivity index (χ4n) is 2.32. The number of ether oxygens (including phenoxy) is 1. The second kappa shape index (κ2) is 6.69. The van der Waals surface area contributed by atoms with Gasteiger partial charge in [0.2, 0.25) is 5.91 Å². The summed E-state index contributed by atoms with van der Waals surface area (Å²) in [5.74, 6) is 0.392. The van der Waals surface area contributed by atoms with Crippen LogP contribution in [0.2, 0.25) is 0 Å². The summed E-state index contributed by atoms with van der Waals surface area (Å²) in [6, 6.07) is 4.71. The molecule has 1 unspecified atom stereocenters. The summed E-state index contributed by atoms with van der Waals surface area (Å²) in [6.07, 6.45) is -2.70. The highest BCUT2D eigenvalue weighted by molar-refractivity contribution is 5.76. The van der Waals surface area contributed by atoms with E-state index in [9.17, 15) is 18.0 Å². The van der Waals surface area contributed by atoms with Gasteiger partial charge in [0.25, 0.3) is 0 Å². The average Bonchev–Trinajstić information content (AvgIpc) is 2.68. The van der Waals surface area contributed by atoms with Gasteiger partial charge in [-0.3, -0.25) is 4.79 Å². The summed E-state index contributed by atoms with van der Waals surface area (Å²) >= 11 is 0. The van der Waals surface area contributed by atoms with E-state index in [1.165, 1.54) is 6.07 Å². The number of carbonyl (C=O) groups is 1. The van der Waals surface area contributed by atoms with Crippen molar-refractivity contribution in [2.75, 3.05) is 13.2 Å². The van der Waals surface area contributed by atoms with Gasteiger partial charge in [0.05, 0.1) is 23.8 Å². The predicted octanol–water partition coefficient (Wildman–Crippen LogP) is 2.87. The Bertz CT molecular complexity index is 593. The molecule has 1 saturated heterocycles. The summed E-state index contributed by atoms with van der Waals surface area (Å²) in [4.78, 5) is 11.2. The summed E-state index contributed by atoms with van der Waals surface area (Å²) in [6.45, 7) is 0.883. The minimum absolute atomic E-state index is 0.00352. The van der Waals surface area contributed by atoms with Crippen LogP contribution >= 0.6 is 0 Å². The molecule has 4 nitrogen and oxygen atoms in total. The number of hydrogen-bond donors (Lipinski definition) is 1. The van der Waals surface area contributed by atoms with E-state index in [0.29, 0.717) is 26.0 Å². The highest BCUT2D eigenvalue weighted by Crippen LogP contribution is 2.33. The zero-order valence-corrected chi connectivity index (χ0v) is 11.7.